The Bertz CT molecular complexity index is 1130. The molecule has 3 aliphatic rings. The maximum atomic E-state index is 12.9. The normalized spacial score (nSPS) is 19.2. The van der Waals surface area contributed by atoms with Crippen molar-refractivity contribution in [3.63, 3.8) is 0 Å². The predicted molar refractivity (Wildman–Crippen MR) is 126 cm³/mol. The van der Waals surface area contributed by atoms with Crippen LogP contribution in [-0.4, -0.2) is 12.5 Å². The molecule has 162 valence electrons. The van der Waals surface area contributed by atoms with E-state index in [0.29, 0.717) is 6.42 Å². The molecule has 1 amide bonds. The molecule has 1 aromatic heterocycles. The molecule has 0 spiro atoms. The summed E-state index contributed by atoms with van der Waals surface area (Å²) in [5.41, 5.74) is 7.66. The Hall–Kier alpha value is -2.19. The second kappa shape index (κ2) is 8.06. The van der Waals surface area contributed by atoms with Crippen molar-refractivity contribution in [2.75, 3.05) is 11.2 Å². The molecule has 3 aromatic rings. The van der Waals surface area contributed by atoms with Gasteiger partial charge in [0.1, 0.15) is 11.2 Å². The van der Waals surface area contributed by atoms with E-state index in [-0.39, 0.29) is 5.91 Å². The molecule has 0 bridgehead atoms. The second-order valence-electron chi connectivity index (χ2n) is 9.31. The lowest BCUT2D eigenvalue weighted by atomic mass is 9.84. The van der Waals surface area contributed by atoms with Crippen LogP contribution in [-0.2, 0) is 30.5 Å². The van der Waals surface area contributed by atoms with Gasteiger partial charge in [-0.05, 0) is 98.6 Å². The van der Waals surface area contributed by atoms with E-state index < -0.39 is 8.16 Å². The van der Waals surface area contributed by atoms with Crippen molar-refractivity contribution < 1.29 is 13.2 Å². The van der Waals surface area contributed by atoms with Gasteiger partial charge in [0.2, 0.25) is 5.91 Å². The highest BCUT2D eigenvalue weighted by atomic mass is 31.1. The number of fused-ring (bicyclic) bond motifs is 7. The van der Waals surface area contributed by atoms with Crippen LogP contribution in [0.4, 0.5) is 0 Å². The maximum absolute atomic E-state index is 12.9. The highest BCUT2D eigenvalue weighted by Gasteiger charge is 2.25. The molecule has 2 heterocycles. The first kappa shape index (κ1) is 19.5. The molecule has 2 aliphatic carbocycles. The zero-order chi connectivity index (χ0) is 20.8. The summed E-state index contributed by atoms with van der Waals surface area (Å²) < 4.78 is 15.1. The quantitative estimate of drug-likeness (QED) is 0.410. The fourth-order valence-electron chi connectivity index (χ4n) is 5.74. The van der Waals surface area contributed by atoms with Crippen LogP contribution < -0.4 is 4.67 Å². The number of benzene rings is 2. The second-order valence-corrected chi connectivity index (χ2v) is 10.6. The van der Waals surface area contributed by atoms with Crippen LogP contribution >= 0.6 is 8.16 Å². The zero-order valence-electron chi connectivity index (χ0n) is 18.1. The van der Waals surface area contributed by atoms with Gasteiger partial charge in [0, 0.05) is 23.7 Å². The monoisotopic (exact) mass is 435 g/mol. The zero-order valence-corrected chi connectivity index (χ0v) is 19.0. The Balaban J connectivity index is 1.71. The molecule has 1 aliphatic heterocycles. The number of aryl methyl sites for hydroxylation is 4. The van der Waals surface area contributed by atoms with Gasteiger partial charge < -0.3 is 8.39 Å². The van der Waals surface area contributed by atoms with E-state index in [1.54, 1.807) is 0 Å². The van der Waals surface area contributed by atoms with Crippen molar-refractivity contribution in [2.45, 2.75) is 77.0 Å². The summed E-state index contributed by atoms with van der Waals surface area (Å²) in [5.74, 6) is 0.171. The molecule has 0 saturated carbocycles. The van der Waals surface area contributed by atoms with Crippen LogP contribution in [0.15, 0.2) is 32.7 Å². The first-order valence-electron chi connectivity index (χ1n) is 12.1. The van der Waals surface area contributed by atoms with Gasteiger partial charge in [0.25, 0.3) is 0 Å². The van der Waals surface area contributed by atoms with E-state index in [0.717, 1.165) is 62.7 Å². The Kier molecular flexibility index (Phi) is 5.07. The number of rotatable bonds is 1. The van der Waals surface area contributed by atoms with Crippen molar-refractivity contribution in [3.8, 4) is 0 Å². The van der Waals surface area contributed by atoms with Crippen molar-refractivity contribution >= 4 is 36.0 Å². The highest BCUT2D eigenvalue weighted by Crippen LogP contribution is 2.43. The molecule has 0 radical (unpaired) electrons. The predicted octanol–water partition coefficient (Wildman–Crippen LogP) is 7.09. The molecule has 0 N–H and O–H groups in total. The standard InChI is InChI=1S/C26H30NO3P/c28-24-12-2-1-7-17-27(24)31-29-22-15-13-18-8-3-5-10-20(18)25(22)26-21-11-6-4-9-19(21)14-16-23(26)30-31/h13-16H,1-12,17H2. The summed E-state index contributed by atoms with van der Waals surface area (Å²) in [5, 5.41) is 2.52. The third kappa shape index (κ3) is 3.40. The molecular weight excluding hydrogens is 405 g/mol. The fraction of sp³-hybridized carbons (Fsp3) is 0.500. The van der Waals surface area contributed by atoms with Gasteiger partial charge in [0.15, 0.2) is 0 Å². The summed E-state index contributed by atoms with van der Waals surface area (Å²) in [4.78, 5) is 12.9. The lowest BCUT2D eigenvalue weighted by Gasteiger charge is -2.20. The van der Waals surface area contributed by atoms with Gasteiger partial charge in [0.05, 0.1) is 0 Å². The van der Waals surface area contributed by atoms with Crippen LogP contribution in [0.1, 0.15) is 73.6 Å². The molecule has 6 rings (SSSR count). The van der Waals surface area contributed by atoms with E-state index in [1.165, 1.54) is 58.7 Å². The Morgan fingerprint density at radius 2 is 1.19 bits per heavy atom. The minimum Gasteiger partial charge on any atom is -0.404 e. The average molecular weight is 436 g/mol. The number of hydrogen-bond donors (Lipinski definition) is 0. The molecule has 31 heavy (non-hydrogen) atoms. The largest absolute Gasteiger partial charge is 0.404 e. The average Bonchev–Trinajstić information content (AvgIpc) is 3.12. The molecule has 0 atom stereocenters. The molecule has 4 nitrogen and oxygen atoms in total. The molecule has 5 heteroatoms. The SMILES string of the molecule is O=C1CCCCCN1p1oc2ccc3c(c2c2c4c(ccc2o1)CCCC4)CCCC3. The van der Waals surface area contributed by atoms with Crippen LogP contribution in [0.3, 0.4) is 0 Å². The number of carbonyl (C=O) groups excluding carboxylic acids is 1. The van der Waals surface area contributed by atoms with E-state index in [2.05, 4.69) is 24.3 Å². The van der Waals surface area contributed by atoms with Crippen molar-refractivity contribution in [3.05, 3.63) is 46.5 Å². The van der Waals surface area contributed by atoms with Gasteiger partial charge >= 0.3 is 8.16 Å². The Labute approximate surface area is 184 Å². The summed E-state index contributed by atoms with van der Waals surface area (Å²) in [6.45, 7) is 0.727. The number of nitrogens with zero attached hydrogens (tertiary/aromatic N) is 1. The van der Waals surface area contributed by atoms with E-state index in [4.69, 9.17) is 8.39 Å². The van der Waals surface area contributed by atoms with E-state index in [1.807, 2.05) is 4.67 Å². The molecule has 1 fully saturated rings. The lowest BCUT2D eigenvalue weighted by Crippen LogP contribution is -2.26. The molecule has 2 aromatic carbocycles. The smallest absolute Gasteiger partial charge is 0.343 e. The summed E-state index contributed by atoms with van der Waals surface area (Å²) in [6, 6.07) is 8.81. The fourth-order valence-corrected chi connectivity index (χ4v) is 7.20. The van der Waals surface area contributed by atoms with Crippen LogP contribution in [0.25, 0.3) is 21.9 Å². The minimum absolute atomic E-state index is 0.171. The maximum Gasteiger partial charge on any atom is 0.343 e. The summed E-state index contributed by atoms with van der Waals surface area (Å²) in [6.07, 6.45) is 13.2. The lowest BCUT2D eigenvalue weighted by molar-refractivity contribution is -0.117. The molecule has 0 unspecified atom stereocenters. The summed E-state index contributed by atoms with van der Waals surface area (Å²) >= 11 is 0. The van der Waals surface area contributed by atoms with E-state index in [9.17, 15) is 4.79 Å². The van der Waals surface area contributed by atoms with Gasteiger partial charge in [-0.2, -0.15) is 0 Å². The number of amides is 1. The van der Waals surface area contributed by atoms with Gasteiger partial charge in [-0.15, -0.1) is 0 Å². The van der Waals surface area contributed by atoms with Crippen molar-refractivity contribution in [1.82, 2.24) is 0 Å². The van der Waals surface area contributed by atoms with Gasteiger partial charge in [-0.3, -0.25) is 4.79 Å². The molecular formula is C26H30NO3P. The van der Waals surface area contributed by atoms with Gasteiger partial charge in [-0.25, -0.2) is 4.67 Å². The molecule has 1 saturated heterocycles. The van der Waals surface area contributed by atoms with Crippen LogP contribution in [0.5, 0.6) is 0 Å². The minimum atomic E-state index is -1.49. The number of carbonyl (C=O) groups is 1. The summed E-state index contributed by atoms with van der Waals surface area (Å²) in [7, 11) is -1.49. The van der Waals surface area contributed by atoms with Crippen LogP contribution in [0.2, 0.25) is 0 Å². The van der Waals surface area contributed by atoms with E-state index >= 15 is 0 Å². The van der Waals surface area contributed by atoms with Crippen LogP contribution in [0, 0.1) is 0 Å². The third-order valence-electron chi connectivity index (χ3n) is 7.34. The first-order valence-corrected chi connectivity index (χ1v) is 13.2. The topological polar surface area (TPSA) is 46.6 Å². The number of hydrogen-bond acceptors (Lipinski definition) is 3. The van der Waals surface area contributed by atoms with Crippen molar-refractivity contribution in [1.29, 1.82) is 0 Å². The third-order valence-corrected chi connectivity index (χ3v) is 8.86. The first-order chi connectivity index (χ1) is 15.3. The van der Waals surface area contributed by atoms with Gasteiger partial charge in [-0.1, -0.05) is 18.6 Å². The Morgan fingerprint density at radius 1 is 0.645 bits per heavy atom. The highest BCUT2D eigenvalue weighted by molar-refractivity contribution is 7.40. The van der Waals surface area contributed by atoms with Crippen molar-refractivity contribution in [2.24, 2.45) is 0 Å². The Morgan fingerprint density at radius 3 is 1.81 bits per heavy atom.